The molecule has 0 amide bonds. The van der Waals surface area contributed by atoms with Gasteiger partial charge in [0.05, 0.1) is 12.2 Å². The van der Waals surface area contributed by atoms with Crippen LogP contribution in [-0.4, -0.2) is 52.5 Å². The van der Waals surface area contributed by atoms with Crippen LogP contribution >= 0.6 is 0 Å². The van der Waals surface area contributed by atoms with E-state index in [1.807, 2.05) is 13.0 Å². The van der Waals surface area contributed by atoms with E-state index in [-0.39, 0.29) is 34.7 Å². The molecule has 6 nitrogen and oxygen atoms in total. The topological polar surface area (TPSA) is 93.1 Å². The second-order valence-electron chi connectivity index (χ2n) is 10.1. The lowest BCUT2D eigenvalue weighted by atomic mass is 9.46. The van der Waals surface area contributed by atoms with Gasteiger partial charge in [0.1, 0.15) is 6.61 Å². The Hall–Kier alpha value is -1.34. The molecule has 0 aromatic carbocycles. The predicted molar refractivity (Wildman–Crippen MR) is 104 cm³/mol. The summed E-state index contributed by atoms with van der Waals surface area (Å²) in [6.45, 7) is 5.37. The maximum atomic E-state index is 13.0. The molecule has 0 bridgehead atoms. The van der Waals surface area contributed by atoms with Crippen LogP contribution in [0.25, 0.3) is 0 Å². The van der Waals surface area contributed by atoms with E-state index >= 15 is 0 Å². The third-order valence-corrected chi connectivity index (χ3v) is 8.92. The summed E-state index contributed by atoms with van der Waals surface area (Å²) in [6, 6.07) is 0. The lowest BCUT2D eigenvalue weighted by molar-refractivity contribution is -0.197. The van der Waals surface area contributed by atoms with Crippen molar-refractivity contribution in [2.75, 3.05) is 6.61 Å². The average molecular weight is 402 g/mol. The van der Waals surface area contributed by atoms with E-state index in [4.69, 9.17) is 9.47 Å². The Morgan fingerprint density at radius 3 is 2.83 bits per heavy atom. The van der Waals surface area contributed by atoms with Gasteiger partial charge >= 0.3 is 0 Å². The van der Waals surface area contributed by atoms with Gasteiger partial charge in [0.2, 0.25) is 0 Å². The Balaban J connectivity index is 1.59. The summed E-state index contributed by atoms with van der Waals surface area (Å²) < 4.78 is 12.2. The SMILES string of the molecule is CC1O[C@H]2C[C@H]3[C@@H]4CCC5=CC(=O)C=C[C@@]5(C)[C@H]4[C@H](O)C[C@]3(C)[C@]2(C(=O)CO)O1. The Morgan fingerprint density at radius 2 is 2.10 bits per heavy atom. The molecular weight excluding hydrogens is 372 g/mol. The molecule has 2 N–H and O–H groups in total. The third-order valence-electron chi connectivity index (χ3n) is 8.92. The van der Waals surface area contributed by atoms with Crippen molar-refractivity contribution in [3.05, 3.63) is 23.8 Å². The molecule has 1 aliphatic heterocycles. The van der Waals surface area contributed by atoms with Crippen molar-refractivity contribution in [1.82, 2.24) is 0 Å². The molecule has 0 aromatic heterocycles. The van der Waals surface area contributed by atoms with E-state index in [9.17, 15) is 19.8 Å². The minimum Gasteiger partial charge on any atom is -0.393 e. The summed E-state index contributed by atoms with van der Waals surface area (Å²) in [5.74, 6) is 0.00833. The molecule has 1 unspecified atom stereocenters. The molecule has 0 aromatic rings. The molecule has 0 spiro atoms. The molecule has 4 aliphatic carbocycles. The van der Waals surface area contributed by atoms with Crippen LogP contribution in [0.4, 0.5) is 0 Å². The number of Topliss-reactive ketones (excluding diaryl/α,β-unsaturated/α-hetero) is 1. The van der Waals surface area contributed by atoms with E-state index in [1.165, 1.54) is 0 Å². The fraction of sp³-hybridized carbons (Fsp3) is 0.739. The van der Waals surface area contributed by atoms with Crippen molar-refractivity contribution in [3.63, 3.8) is 0 Å². The number of ketones is 2. The van der Waals surface area contributed by atoms with Crippen LogP contribution in [0, 0.1) is 28.6 Å². The number of hydrogen-bond acceptors (Lipinski definition) is 6. The molecule has 4 fully saturated rings. The smallest absolute Gasteiger partial charge is 0.193 e. The van der Waals surface area contributed by atoms with Crippen molar-refractivity contribution in [1.29, 1.82) is 0 Å². The van der Waals surface area contributed by atoms with Crippen molar-refractivity contribution >= 4 is 11.6 Å². The first-order valence-corrected chi connectivity index (χ1v) is 10.8. The van der Waals surface area contributed by atoms with Crippen molar-refractivity contribution in [3.8, 4) is 0 Å². The van der Waals surface area contributed by atoms with Gasteiger partial charge in [-0.1, -0.05) is 25.5 Å². The summed E-state index contributed by atoms with van der Waals surface area (Å²) in [5.41, 5.74) is -1.05. The first-order chi connectivity index (χ1) is 13.7. The van der Waals surface area contributed by atoms with Gasteiger partial charge in [-0.15, -0.1) is 0 Å². The zero-order valence-electron chi connectivity index (χ0n) is 17.3. The van der Waals surface area contributed by atoms with Crippen LogP contribution < -0.4 is 0 Å². The summed E-state index contributed by atoms with van der Waals surface area (Å²) in [6.07, 6.45) is 6.61. The second kappa shape index (κ2) is 6.10. The van der Waals surface area contributed by atoms with Crippen LogP contribution in [0.5, 0.6) is 0 Å². The molecule has 9 atom stereocenters. The number of rotatable bonds is 2. The van der Waals surface area contributed by atoms with Gasteiger partial charge in [-0.05, 0) is 56.6 Å². The highest BCUT2D eigenvalue weighted by Gasteiger charge is 2.75. The fourth-order valence-electron chi connectivity index (χ4n) is 7.86. The maximum Gasteiger partial charge on any atom is 0.193 e. The van der Waals surface area contributed by atoms with Gasteiger partial charge in [0, 0.05) is 16.7 Å². The van der Waals surface area contributed by atoms with E-state index < -0.39 is 36.1 Å². The Labute approximate surface area is 170 Å². The molecule has 5 rings (SSSR count). The Kier molecular flexibility index (Phi) is 4.12. The standard InChI is InChI=1S/C23H30O6/c1-12-28-19-9-16-15-5-4-13-8-14(25)6-7-21(13,2)20(15)17(26)10-22(16,3)23(19,29-12)18(27)11-24/h6-8,12,15-17,19-20,24,26H,4-5,9-11H2,1-3H3/t12?,15-,16-,17+,19-,20+,21+,22-,23+/m0/s1. The fourth-order valence-corrected chi connectivity index (χ4v) is 7.86. The lowest BCUT2D eigenvalue weighted by Gasteiger charge is -2.59. The molecular formula is C23H30O6. The number of aliphatic hydroxyl groups excluding tert-OH is 2. The largest absolute Gasteiger partial charge is 0.393 e. The summed E-state index contributed by atoms with van der Waals surface area (Å²) in [7, 11) is 0. The maximum absolute atomic E-state index is 13.0. The average Bonchev–Trinajstić information content (AvgIpc) is 3.12. The van der Waals surface area contributed by atoms with Gasteiger partial charge in [-0.3, -0.25) is 9.59 Å². The first kappa shape index (κ1) is 19.6. The summed E-state index contributed by atoms with van der Waals surface area (Å²) >= 11 is 0. The number of allylic oxidation sites excluding steroid dienone is 4. The number of hydrogen-bond donors (Lipinski definition) is 2. The molecule has 1 saturated heterocycles. The van der Waals surface area contributed by atoms with Crippen LogP contribution in [0.1, 0.15) is 46.5 Å². The highest BCUT2D eigenvalue weighted by Crippen LogP contribution is 2.69. The van der Waals surface area contributed by atoms with Gasteiger partial charge in [0.15, 0.2) is 23.5 Å². The Morgan fingerprint density at radius 1 is 1.34 bits per heavy atom. The number of fused-ring (bicyclic) bond motifs is 7. The Bertz CT molecular complexity index is 831. The molecule has 1 heterocycles. The van der Waals surface area contributed by atoms with E-state index in [1.54, 1.807) is 19.1 Å². The highest BCUT2D eigenvalue weighted by molar-refractivity contribution is 6.01. The van der Waals surface area contributed by atoms with Crippen LogP contribution in [-0.2, 0) is 19.1 Å². The molecule has 5 aliphatic rings. The number of carbonyl (C=O) groups excluding carboxylic acids is 2. The monoisotopic (exact) mass is 402 g/mol. The van der Waals surface area contributed by atoms with E-state index in [0.717, 1.165) is 18.4 Å². The summed E-state index contributed by atoms with van der Waals surface area (Å²) in [5, 5.41) is 21.2. The van der Waals surface area contributed by atoms with Gasteiger partial charge in [0.25, 0.3) is 0 Å². The minimum atomic E-state index is -1.20. The van der Waals surface area contributed by atoms with Gasteiger partial charge in [-0.25, -0.2) is 0 Å². The van der Waals surface area contributed by atoms with Crippen LogP contribution in [0.2, 0.25) is 0 Å². The zero-order chi connectivity index (χ0) is 20.8. The molecule has 29 heavy (non-hydrogen) atoms. The van der Waals surface area contributed by atoms with Crippen molar-refractivity contribution < 1.29 is 29.3 Å². The lowest BCUT2D eigenvalue weighted by Crippen LogP contribution is -2.63. The van der Waals surface area contributed by atoms with Crippen LogP contribution in [0.3, 0.4) is 0 Å². The third kappa shape index (κ3) is 2.26. The quantitative estimate of drug-likeness (QED) is 0.733. The molecule has 3 saturated carbocycles. The minimum absolute atomic E-state index is 0.0116. The van der Waals surface area contributed by atoms with Gasteiger partial charge < -0.3 is 19.7 Å². The highest BCUT2D eigenvalue weighted by atomic mass is 16.7. The molecule has 0 radical (unpaired) electrons. The van der Waals surface area contributed by atoms with E-state index in [0.29, 0.717) is 12.8 Å². The van der Waals surface area contributed by atoms with Crippen molar-refractivity contribution in [2.45, 2.75) is 70.6 Å². The zero-order valence-corrected chi connectivity index (χ0v) is 17.3. The number of carbonyl (C=O) groups is 2. The number of ether oxygens (including phenoxy) is 2. The number of aliphatic hydroxyl groups is 2. The molecule has 158 valence electrons. The normalized spacial score (nSPS) is 53.0. The van der Waals surface area contributed by atoms with Crippen molar-refractivity contribution in [2.24, 2.45) is 28.6 Å². The van der Waals surface area contributed by atoms with E-state index in [2.05, 4.69) is 6.92 Å². The van der Waals surface area contributed by atoms with Gasteiger partial charge in [-0.2, -0.15) is 0 Å². The second-order valence-corrected chi connectivity index (χ2v) is 10.1. The molecule has 6 heteroatoms. The predicted octanol–water partition coefficient (Wildman–Crippen LogP) is 1.94. The summed E-state index contributed by atoms with van der Waals surface area (Å²) in [4.78, 5) is 25.0. The first-order valence-electron chi connectivity index (χ1n) is 10.8. The van der Waals surface area contributed by atoms with Crippen LogP contribution in [0.15, 0.2) is 23.8 Å².